The van der Waals surface area contributed by atoms with Crippen LogP contribution in [0.1, 0.15) is 43.7 Å². The number of carbonyl (C=O) groups excluding carboxylic acids is 1. The molecule has 3 aromatic rings. The van der Waals surface area contributed by atoms with Gasteiger partial charge in [-0.05, 0) is 56.0 Å². The lowest BCUT2D eigenvalue weighted by molar-refractivity contribution is -0.121. The Labute approximate surface area is 155 Å². The van der Waals surface area contributed by atoms with Crippen molar-refractivity contribution in [3.05, 3.63) is 53.7 Å². The lowest BCUT2D eigenvalue weighted by atomic mass is 10.0. The van der Waals surface area contributed by atoms with Crippen molar-refractivity contribution >= 4 is 16.8 Å². The molecule has 3 rings (SSSR count). The molecule has 0 unspecified atom stereocenters. The molecule has 4 heteroatoms. The van der Waals surface area contributed by atoms with Crippen LogP contribution in [0.2, 0.25) is 0 Å². The van der Waals surface area contributed by atoms with Gasteiger partial charge in [0.25, 0.3) is 0 Å². The number of pyridine rings is 1. The number of benzene rings is 1. The number of aromatic amines is 1. The SMILES string of the molecule is CCCCNC(=O)CCCc1c(-c2ccccn2)[nH]c2ccc(C)cc12. The molecule has 0 saturated heterocycles. The molecule has 0 fully saturated rings. The van der Waals surface area contributed by atoms with Crippen LogP contribution in [0.15, 0.2) is 42.6 Å². The van der Waals surface area contributed by atoms with Crippen LogP contribution in [-0.2, 0) is 11.2 Å². The van der Waals surface area contributed by atoms with Gasteiger partial charge in [0, 0.05) is 30.1 Å². The summed E-state index contributed by atoms with van der Waals surface area (Å²) in [5.41, 5.74) is 5.63. The number of rotatable bonds is 8. The van der Waals surface area contributed by atoms with Gasteiger partial charge in [0.05, 0.1) is 11.4 Å². The molecule has 2 heterocycles. The Kier molecular flexibility index (Phi) is 6.05. The highest BCUT2D eigenvalue weighted by Crippen LogP contribution is 2.31. The molecular formula is C22H27N3O. The van der Waals surface area contributed by atoms with Crippen LogP contribution in [0.4, 0.5) is 0 Å². The molecule has 0 saturated carbocycles. The molecule has 0 bridgehead atoms. The Morgan fingerprint density at radius 3 is 2.85 bits per heavy atom. The first-order valence-corrected chi connectivity index (χ1v) is 9.48. The molecule has 0 aliphatic carbocycles. The van der Waals surface area contributed by atoms with E-state index in [1.54, 1.807) is 0 Å². The minimum Gasteiger partial charge on any atom is -0.356 e. The zero-order valence-corrected chi connectivity index (χ0v) is 15.6. The summed E-state index contributed by atoms with van der Waals surface area (Å²) < 4.78 is 0. The van der Waals surface area contributed by atoms with Crippen molar-refractivity contribution in [3.8, 4) is 11.4 Å². The van der Waals surface area contributed by atoms with Gasteiger partial charge in [-0.25, -0.2) is 0 Å². The number of aryl methyl sites for hydroxylation is 2. The fourth-order valence-electron chi connectivity index (χ4n) is 3.27. The topological polar surface area (TPSA) is 57.8 Å². The van der Waals surface area contributed by atoms with Gasteiger partial charge in [0.1, 0.15) is 0 Å². The fraction of sp³-hybridized carbons (Fsp3) is 0.364. The van der Waals surface area contributed by atoms with Crippen LogP contribution >= 0.6 is 0 Å². The molecule has 0 aliphatic heterocycles. The van der Waals surface area contributed by atoms with E-state index in [1.807, 2.05) is 24.4 Å². The fourth-order valence-corrected chi connectivity index (χ4v) is 3.27. The highest BCUT2D eigenvalue weighted by molar-refractivity contribution is 5.90. The minimum absolute atomic E-state index is 0.147. The number of hydrogen-bond donors (Lipinski definition) is 2. The normalized spacial score (nSPS) is 11.0. The van der Waals surface area contributed by atoms with E-state index in [0.29, 0.717) is 6.42 Å². The van der Waals surface area contributed by atoms with Gasteiger partial charge in [0.15, 0.2) is 0 Å². The first-order chi connectivity index (χ1) is 12.7. The van der Waals surface area contributed by atoms with Crippen molar-refractivity contribution in [1.82, 2.24) is 15.3 Å². The molecular weight excluding hydrogens is 322 g/mol. The summed E-state index contributed by atoms with van der Waals surface area (Å²) >= 11 is 0. The number of carbonyl (C=O) groups is 1. The van der Waals surface area contributed by atoms with Crippen molar-refractivity contribution in [3.63, 3.8) is 0 Å². The molecule has 136 valence electrons. The van der Waals surface area contributed by atoms with Gasteiger partial charge in [-0.3, -0.25) is 9.78 Å². The summed E-state index contributed by atoms with van der Waals surface area (Å²) in [7, 11) is 0. The second-order valence-electron chi connectivity index (χ2n) is 6.80. The highest BCUT2D eigenvalue weighted by Gasteiger charge is 2.14. The number of nitrogens with zero attached hydrogens (tertiary/aromatic N) is 1. The van der Waals surface area contributed by atoms with Crippen LogP contribution in [0.3, 0.4) is 0 Å². The molecule has 4 nitrogen and oxygen atoms in total. The molecule has 1 amide bonds. The Balaban J connectivity index is 1.79. The Hall–Kier alpha value is -2.62. The second kappa shape index (κ2) is 8.65. The summed E-state index contributed by atoms with van der Waals surface area (Å²) in [6, 6.07) is 12.4. The van der Waals surface area contributed by atoms with Crippen molar-refractivity contribution in [2.24, 2.45) is 0 Å². The lowest BCUT2D eigenvalue weighted by Gasteiger charge is -2.06. The summed E-state index contributed by atoms with van der Waals surface area (Å²) in [6.45, 7) is 5.02. The third-order valence-corrected chi connectivity index (χ3v) is 4.67. The maximum Gasteiger partial charge on any atom is 0.220 e. The van der Waals surface area contributed by atoms with Gasteiger partial charge in [-0.1, -0.05) is 31.0 Å². The van der Waals surface area contributed by atoms with Crippen molar-refractivity contribution in [1.29, 1.82) is 0 Å². The monoisotopic (exact) mass is 349 g/mol. The van der Waals surface area contributed by atoms with E-state index in [4.69, 9.17) is 0 Å². The van der Waals surface area contributed by atoms with Gasteiger partial charge >= 0.3 is 0 Å². The number of amides is 1. The van der Waals surface area contributed by atoms with E-state index >= 15 is 0 Å². The van der Waals surface area contributed by atoms with Crippen LogP contribution in [-0.4, -0.2) is 22.4 Å². The predicted octanol–water partition coefficient (Wildman–Crippen LogP) is 4.78. The number of nitrogens with one attached hydrogen (secondary N) is 2. The van der Waals surface area contributed by atoms with Crippen molar-refractivity contribution < 1.29 is 4.79 Å². The van der Waals surface area contributed by atoms with Crippen molar-refractivity contribution in [2.75, 3.05) is 6.54 Å². The minimum atomic E-state index is 0.147. The van der Waals surface area contributed by atoms with Crippen LogP contribution < -0.4 is 5.32 Å². The summed E-state index contributed by atoms with van der Waals surface area (Å²) in [5.74, 6) is 0.147. The average molecular weight is 349 g/mol. The molecule has 2 N–H and O–H groups in total. The van der Waals surface area contributed by atoms with E-state index in [-0.39, 0.29) is 5.91 Å². The van der Waals surface area contributed by atoms with Gasteiger partial charge in [-0.2, -0.15) is 0 Å². The lowest BCUT2D eigenvalue weighted by Crippen LogP contribution is -2.24. The van der Waals surface area contributed by atoms with Crippen LogP contribution in [0.5, 0.6) is 0 Å². The van der Waals surface area contributed by atoms with Gasteiger partial charge in [-0.15, -0.1) is 0 Å². The third kappa shape index (κ3) is 4.31. The number of H-pyrrole nitrogens is 1. The second-order valence-corrected chi connectivity index (χ2v) is 6.80. The Morgan fingerprint density at radius 1 is 1.19 bits per heavy atom. The molecule has 0 radical (unpaired) electrons. The van der Waals surface area contributed by atoms with E-state index in [1.165, 1.54) is 16.5 Å². The summed E-state index contributed by atoms with van der Waals surface area (Å²) in [5, 5.41) is 4.23. The third-order valence-electron chi connectivity index (χ3n) is 4.67. The number of aromatic nitrogens is 2. The maximum atomic E-state index is 12.0. The highest BCUT2D eigenvalue weighted by atomic mass is 16.1. The first kappa shape index (κ1) is 18.2. The van der Waals surface area contributed by atoms with Crippen LogP contribution in [0, 0.1) is 6.92 Å². The first-order valence-electron chi connectivity index (χ1n) is 9.48. The summed E-state index contributed by atoms with van der Waals surface area (Å²) in [4.78, 5) is 20.0. The smallest absolute Gasteiger partial charge is 0.220 e. The Morgan fingerprint density at radius 2 is 2.08 bits per heavy atom. The van der Waals surface area contributed by atoms with Crippen LogP contribution in [0.25, 0.3) is 22.3 Å². The van der Waals surface area contributed by atoms with Crippen molar-refractivity contribution in [2.45, 2.75) is 46.0 Å². The molecule has 0 spiro atoms. The molecule has 0 aliphatic rings. The molecule has 0 atom stereocenters. The predicted molar refractivity (Wildman–Crippen MR) is 107 cm³/mol. The van der Waals surface area contributed by atoms with E-state index in [9.17, 15) is 4.79 Å². The molecule has 26 heavy (non-hydrogen) atoms. The molecule has 1 aromatic carbocycles. The average Bonchev–Trinajstić information content (AvgIpc) is 3.01. The van der Waals surface area contributed by atoms with E-state index in [0.717, 1.165) is 49.1 Å². The number of unbranched alkanes of at least 4 members (excludes halogenated alkanes) is 1. The quantitative estimate of drug-likeness (QED) is 0.575. The standard InChI is InChI=1S/C22H27N3O/c1-3-4-13-24-21(26)10-7-8-17-18-15-16(2)11-12-19(18)25-22(17)20-9-5-6-14-23-20/h5-6,9,11-12,14-15,25H,3-4,7-8,10,13H2,1-2H3,(H,24,26). The van der Waals surface area contributed by atoms with E-state index in [2.05, 4.69) is 47.3 Å². The Bertz CT molecular complexity index is 868. The number of fused-ring (bicyclic) bond motifs is 1. The van der Waals surface area contributed by atoms with Gasteiger partial charge in [0.2, 0.25) is 5.91 Å². The zero-order valence-electron chi connectivity index (χ0n) is 15.6. The summed E-state index contributed by atoms with van der Waals surface area (Å²) in [6.07, 6.45) is 6.20. The maximum absolute atomic E-state index is 12.0. The zero-order chi connectivity index (χ0) is 18.4. The van der Waals surface area contributed by atoms with E-state index < -0.39 is 0 Å². The largest absolute Gasteiger partial charge is 0.356 e. The molecule has 2 aromatic heterocycles. The van der Waals surface area contributed by atoms with Gasteiger partial charge < -0.3 is 10.3 Å². The number of hydrogen-bond acceptors (Lipinski definition) is 2.